The summed E-state index contributed by atoms with van der Waals surface area (Å²) in [6.45, 7) is 0.578. The molecule has 172 valence electrons. The van der Waals surface area contributed by atoms with Gasteiger partial charge in [0.15, 0.2) is 11.6 Å². The van der Waals surface area contributed by atoms with Crippen molar-refractivity contribution in [2.45, 2.75) is 18.3 Å². The first-order valence-electron chi connectivity index (χ1n) is 10.8. The molecule has 1 spiro atoms. The van der Waals surface area contributed by atoms with Gasteiger partial charge in [0, 0.05) is 29.4 Å². The van der Waals surface area contributed by atoms with E-state index in [-0.39, 0.29) is 23.1 Å². The molecule has 0 bridgehead atoms. The average molecular weight is 460 g/mol. The molecular weight excluding hydrogens is 439 g/mol. The number of hydrogen-bond donors (Lipinski definition) is 3. The van der Waals surface area contributed by atoms with Gasteiger partial charge in [0.1, 0.15) is 11.0 Å². The molecule has 3 N–H and O–H groups in total. The number of H-pyrrole nitrogens is 1. The zero-order valence-electron chi connectivity index (χ0n) is 18.5. The smallest absolute Gasteiger partial charge is 0.316 e. The Morgan fingerprint density at radius 2 is 2.00 bits per heavy atom. The molecule has 2 aliphatic rings. The van der Waals surface area contributed by atoms with Gasteiger partial charge in [-0.05, 0) is 31.0 Å². The zero-order chi connectivity index (χ0) is 23.4. The molecule has 0 atom stereocenters. The lowest BCUT2D eigenvalue weighted by Crippen LogP contribution is -2.39. The Morgan fingerprint density at radius 3 is 2.76 bits per heavy atom. The van der Waals surface area contributed by atoms with Crippen LogP contribution in [-0.4, -0.2) is 46.6 Å². The average Bonchev–Trinajstić information content (AvgIpc) is 3.54. The number of nitrogens with one attached hydrogen (secondary N) is 3. The number of nitrogens with zero attached hydrogens (tertiary/aromatic N) is 3. The summed E-state index contributed by atoms with van der Waals surface area (Å²) >= 11 is 0. The van der Waals surface area contributed by atoms with Gasteiger partial charge in [0.2, 0.25) is 0 Å². The highest BCUT2D eigenvalue weighted by molar-refractivity contribution is 6.09. The van der Waals surface area contributed by atoms with E-state index < -0.39 is 5.82 Å². The van der Waals surface area contributed by atoms with Crippen LogP contribution < -0.4 is 20.1 Å². The monoisotopic (exact) mass is 460 g/mol. The van der Waals surface area contributed by atoms with Gasteiger partial charge in [-0.2, -0.15) is 4.98 Å². The number of amides is 1. The number of anilines is 2. The van der Waals surface area contributed by atoms with Gasteiger partial charge in [0.25, 0.3) is 5.91 Å². The maximum Gasteiger partial charge on any atom is 0.316 e. The van der Waals surface area contributed by atoms with E-state index in [0.717, 1.165) is 18.5 Å². The van der Waals surface area contributed by atoms with Crippen molar-refractivity contribution in [2.75, 3.05) is 26.1 Å². The number of pyridine rings is 1. The summed E-state index contributed by atoms with van der Waals surface area (Å²) in [5.41, 5.74) is 4.67. The summed E-state index contributed by atoms with van der Waals surface area (Å²) < 4.78 is 25.0. The normalized spacial score (nSPS) is 15.7. The second-order valence-corrected chi connectivity index (χ2v) is 8.48. The summed E-state index contributed by atoms with van der Waals surface area (Å²) in [6.07, 6.45) is 5.18. The van der Waals surface area contributed by atoms with Gasteiger partial charge in [-0.25, -0.2) is 9.37 Å². The Balaban J connectivity index is 1.62. The Morgan fingerprint density at radius 1 is 1.15 bits per heavy atom. The van der Waals surface area contributed by atoms with E-state index in [9.17, 15) is 9.18 Å². The summed E-state index contributed by atoms with van der Waals surface area (Å²) in [5, 5.41) is 6.29. The van der Waals surface area contributed by atoms with Crippen molar-refractivity contribution in [1.29, 1.82) is 0 Å². The number of benzene rings is 1. The first kappa shape index (κ1) is 20.4. The lowest BCUT2D eigenvalue weighted by molar-refractivity contribution is 0.0938. The number of fused-ring (bicyclic) bond motifs is 3. The van der Waals surface area contributed by atoms with E-state index >= 15 is 0 Å². The lowest BCUT2D eigenvalue weighted by Gasteiger charge is -2.23. The first-order chi connectivity index (χ1) is 16.5. The Bertz CT molecular complexity index is 1460. The van der Waals surface area contributed by atoms with Gasteiger partial charge >= 0.3 is 6.01 Å². The van der Waals surface area contributed by atoms with Crippen LogP contribution >= 0.6 is 0 Å². The van der Waals surface area contributed by atoms with Crippen molar-refractivity contribution in [3.63, 3.8) is 0 Å². The van der Waals surface area contributed by atoms with Crippen LogP contribution in [0.4, 0.5) is 15.8 Å². The molecule has 0 saturated heterocycles. The van der Waals surface area contributed by atoms with E-state index in [4.69, 9.17) is 9.47 Å². The molecule has 1 aromatic carbocycles. The van der Waals surface area contributed by atoms with Crippen LogP contribution in [-0.2, 0) is 5.41 Å². The highest BCUT2D eigenvalue weighted by atomic mass is 19.1. The molecule has 0 unspecified atom stereocenters. The molecule has 10 heteroatoms. The van der Waals surface area contributed by atoms with Gasteiger partial charge in [-0.1, -0.05) is 6.07 Å². The number of aromatic nitrogens is 4. The number of para-hydroxylation sites is 1. The van der Waals surface area contributed by atoms with Crippen LogP contribution in [0, 0.1) is 5.82 Å². The largest absolute Gasteiger partial charge is 0.492 e. The van der Waals surface area contributed by atoms with Crippen LogP contribution in [0.25, 0.3) is 22.3 Å². The van der Waals surface area contributed by atoms with Crippen LogP contribution in [0.1, 0.15) is 28.9 Å². The molecule has 1 saturated carbocycles. The van der Waals surface area contributed by atoms with Crippen LogP contribution in [0.3, 0.4) is 0 Å². The van der Waals surface area contributed by atoms with Crippen molar-refractivity contribution < 1.29 is 18.7 Å². The molecule has 1 amide bonds. The van der Waals surface area contributed by atoms with E-state index in [0.29, 0.717) is 45.8 Å². The number of carbonyl (C=O) groups is 1. The van der Waals surface area contributed by atoms with E-state index in [1.165, 1.54) is 20.3 Å². The molecule has 4 aromatic rings. The number of halogens is 1. The fourth-order valence-electron chi connectivity index (χ4n) is 4.63. The SMILES string of the molecule is COc1ncc2nccc(-c3[nH]c4c(c3Nc3cccc(F)c3OC)C(=O)NCC43CC3)c2n1. The highest BCUT2D eigenvalue weighted by Gasteiger charge is 2.51. The van der Waals surface area contributed by atoms with Crippen molar-refractivity contribution in [2.24, 2.45) is 0 Å². The summed E-state index contributed by atoms with van der Waals surface area (Å²) in [5.74, 6) is -0.642. The molecule has 1 aliphatic heterocycles. The predicted molar refractivity (Wildman–Crippen MR) is 123 cm³/mol. The molecule has 1 aliphatic carbocycles. The van der Waals surface area contributed by atoms with Crippen molar-refractivity contribution in [3.05, 3.63) is 53.7 Å². The molecular formula is C24H21FN6O3. The number of ether oxygens (including phenoxy) is 2. The molecule has 1 fully saturated rings. The Kier molecular flexibility index (Phi) is 4.44. The van der Waals surface area contributed by atoms with Gasteiger partial charge in [-0.3, -0.25) is 9.78 Å². The first-order valence-corrected chi connectivity index (χ1v) is 10.8. The van der Waals surface area contributed by atoms with Gasteiger partial charge in [-0.15, -0.1) is 0 Å². The Labute approximate surface area is 193 Å². The van der Waals surface area contributed by atoms with Crippen LogP contribution in [0.15, 0.2) is 36.7 Å². The fourth-order valence-corrected chi connectivity index (χ4v) is 4.63. The maximum atomic E-state index is 14.5. The topological polar surface area (TPSA) is 114 Å². The maximum absolute atomic E-state index is 14.5. The van der Waals surface area contributed by atoms with Gasteiger partial charge < -0.3 is 25.1 Å². The third kappa shape index (κ3) is 2.98. The van der Waals surface area contributed by atoms with E-state index in [2.05, 4.69) is 30.6 Å². The van der Waals surface area contributed by atoms with Crippen LogP contribution in [0.2, 0.25) is 0 Å². The predicted octanol–water partition coefficient (Wildman–Crippen LogP) is 3.69. The molecule has 3 aromatic heterocycles. The third-order valence-corrected chi connectivity index (χ3v) is 6.54. The summed E-state index contributed by atoms with van der Waals surface area (Å²) in [7, 11) is 2.90. The molecule has 4 heterocycles. The number of aromatic amines is 1. The summed E-state index contributed by atoms with van der Waals surface area (Å²) in [6, 6.07) is 6.63. The standard InChI is InChI=1S/C24H21FN6O3/c1-33-20-13(25)4-3-5-14(20)29-19-16-21(24(7-8-24)11-28-22(16)32)30-18(19)12-6-9-26-15-10-27-23(34-2)31-17(12)15/h3-6,9-10,29-30H,7-8,11H2,1-2H3,(H,28,32). The van der Waals surface area contributed by atoms with Crippen LogP contribution in [0.5, 0.6) is 11.8 Å². The lowest BCUT2D eigenvalue weighted by atomic mass is 9.93. The fraction of sp³-hybridized carbons (Fsp3) is 0.250. The molecule has 0 radical (unpaired) electrons. The zero-order valence-corrected chi connectivity index (χ0v) is 18.5. The second-order valence-electron chi connectivity index (χ2n) is 8.48. The number of hydrogen-bond acceptors (Lipinski definition) is 7. The summed E-state index contributed by atoms with van der Waals surface area (Å²) in [4.78, 5) is 29.7. The Hall–Kier alpha value is -4.21. The third-order valence-electron chi connectivity index (χ3n) is 6.54. The number of rotatable bonds is 5. The minimum Gasteiger partial charge on any atom is -0.492 e. The number of methoxy groups -OCH3 is 2. The van der Waals surface area contributed by atoms with Crippen molar-refractivity contribution in [1.82, 2.24) is 25.3 Å². The molecule has 34 heavy (non-hydrogen) atoms. The van der Waals surface area contributed by atoms with Crippen molar-refractivity contribution >= 4 is 28.3 Å². The second kappa shape index (κ2) is 7.41. The van der Waals surface area contributed by atoms with E-state index in [1.807, 2.05) is 6.07 Å². The highest BCUT2D eigenvalue weighted by Crippen LogP contribution is 2.53. The van der Waals surface area contributed by atoms with E-state index in [1.54, 1.807) is 24.5 Å². The molecule has 9 nitrogen and oxygen atoms in total. The van der Waals surface area contributed by atoms with Crippen molar-refractivity contribution in [3.8, 4) is 23.0 Å². The molecule has 6 rings (SSSR count). The quantitative estimate of drug-likeness (QED) is 0.416. The van der Waals surface area contributed by atoms with Gasteiger partial charge in [0.05, 0.1) is 43.0 Å². The number of carbonyl (C=O) groups excluding carboxylic acids is 1. The minimum absolute atomic E-state index is 0.0596. The minimum atomic E-state index is -0.506.